The Hall–Kier alpha value is -0.920. The van der Waals surface area contributed by atoms with E-state index in [1.807, 2.05) is 11.0 Å². The third kappa shape index (κ3) is 3.68. The number of hydrogen-bond acceptors (Lipinski definition) is 3. The lowest BCUT2D eigenvalue weighted by Gasteiger charge is -2.60. The van der Waals surface area contributed by atoms with Gasteiger partial charge in [-0.3, -0.25) is 4.79 Å². The van der Waals surface area contributed by atoms with Crippen LogP contribution < -0.4 is 0 Å². The summed E-state index contributed by atoms with van der Waals surface area (Å²) >= 11 is 4.03. The lowest BCUT2D eigenvalue weighted by molar-refractivity contribution is -0.139. The molecule has 1 amide bonds. The topological polar surface area (TPSA) is 57.7 Å². The SMILES string of the molecule is O=C(CC12CC3CC(CC(Br)(C3)C1)C2)N1CCN(S(=O)(=O)c2ccccc2)CC1. The predicted octanol–water partition coefficient (Wildman–Crippen LogP) is 3.64. The van der Waals surface area contributed by atoms with Crippen molar-refractivity contribution in [2.24, 2.45) is 17.3 Å². The molecule has 5 fully saturated rings. The minimum atomic E-state index is -3.47. The number of carbonyl (C=O) groups excluding carboxylic acids is 1. The molecule has 5 aliphatic rings. The third-order valence-corrected chi connectivity index (χ3v) is 10.5. The summed E-state index contributed by atoms with van der Waals surface area (Å²) in [4.78, 5) is 15.4. The van der Waals surface area contributed by atoms with Crippen molar-refractivity contribution in [1.29, 1.82) is 0 Å². The van der Waals surface area contributed by atoms with Crippen molar-refractivity contribution in [2.75, 3.05) is 26.2 Å². The van der Waals surface area contributed by atoms with Gasteiger partial charge >= 0.3 is 0 Å². The Balaban J connectivity index is 1.22. The molecule has 0 aromatic heterocycles. The molecule has 5 nitrogen and oxygen atoms in total. The largest absolute Gasteiger partial charge is 0.340 e. The van der Waals surface area contributed by atoms with Gasteiger partial charge < -0.3 is 4.90 Å². The molecule has 29 heavy (non-hydrogen) atoms. The van der Waals surface area contributed by atoms with Crippen LogP contribution in [0.1, 0.15) is 44.9 Å². The number of piperazine rings is 1. The molecule has 0 spiro atoms. The first-order valence-corrected chi connectivity index (χ1v) is 13.0. The van der Waals surface area contributed by atoms with E-state index in [9.17, 15) is 13.2 Å². The zero-order valence-electron chi connectivity index (χ0n) is 16.7. The van der Waals surface area contributed by atoms with Crippen molar-refractivity contribution in [3.8, 4) is 0 Å². The van der Waals surface area contributed by atoms with E-state index in [1.54, 1.807) is 24.3 Å². The maximum absolute atomic E-state index is 13.2. The molecule has 0 N–H and O–H groups in total. The fraction of sp³-hybridized carbons (Fsp3) is 0.682. The van der Waals surface area contributed by atoms with E-state index in [4.69, 9.17) is 0 Å². The Labute approximate surface area is 182 Å². The van der Waals surface area contributed by atoms with Crippen LogP contribution in [0.2, 0.25) is 0 Å². The number of halogens is 1. The lowest BCUT2D eigenvalue weighted by Crippen LogP contribution is -2.55. The summed E-state index contributed by atoms with van der Waals surface area (Å²) < 4.78 is 27.4. The molecular formula is C22H29BrN2O3S. The van der Waals surface area contributed by atoms with E-state index in [1.165, 1.54) is 36.4 Å². The molecule has 6 rings (SSSR count). The molecule has 1 heterocycles. The number of sulfonamides is 1. The molecule has 7 heteroatoms. The van der Waals surface area contributed by atoms with Crippen molar-refractivity contribution in [3.05, 3.63) is 30.3 Å². The minimum Gasteiger partial charge on any atom is -0.340 e. The highest BCUT2D eigenvalue weighted by Crippen LogP contribution is 2.65. The molecule has 1 aromatic rings. The van der Waals surface area contributed by atoms with Crippen LogP contribution in [0.25, 0.3) is 0 Å². The second-order valence-electron chi connectivity index (χ2n) is 9.89. The maximum atomic E-state index is 13.2. The molecule has 158 valence electrons. The number of amides is 1. The Kier molecular flexibility index (Phi) is 4.87. The van der Waals surface area contributed by atoms with Gasteiger partial charge in [0, 0.05) is 36.9 Å². The Morgan fingerprint density at radius 1 is 1.00 bits per heavy atom. The second-order valence-corrected chi connectivity index (χ2v) is 13.5. The van der Waals surface area contributed by atoms with Crippen LogP contribution in [0, 0.1) is 17.3 Å². The fourth-order valence-electron chi connectivity index (χ4n) is 6.89. The molecule has 1 aliphatic heterocycles. The van der Waals surface area contributed by atoms with Crippen LogP contribution >= 0.6 is 15.9 Å². The third-order valence-electron chi connectivity index (χ3n) is 7.61. The summed E-state index contributed by atoms with van der Waals surface area (Å²) in [5, 5.41) is 0. The van der Waals surface area contributed by atoms with Gasteiger partial charge in [0.1, 0.15) is 0 Å². The molecular weight excluding hydrogens is 452 g/mol. The molecule has 2 atom stereocenters. The van der Waals surface area contributed by atoms with Gasteiger partial charge in [0.05, 0.1) is 4.90 Å². The summed E-state index contributed by atoms with van der Waals surface area (Å²) in [6.07, 6.45) is 8.06. The fourth-order valence-corrected chi connectivity index (χ4v) is 9.85. The number of rotatable bonds is 4. The van der Waals surface area contributed by atoms with Gasteiger partial charge in [-0.15, -0.1) is 0 Å². The van der Waals surface area contributed by atoms with Gasteiger partial charge in [-0.05, 0) is 67.9 Å². The van der Waals surface area contributed by atoms with E-state index >= 15 is 0 Å². The van der Waals surface area contributed by atoms with Gasteiger partial charge in [-0.1, -0.05) is 34.1 Å². The first-order valence-electron chi connectivity index (χ1n) is 10.8. The summed E-state index contributed by atoms with van der Waals surface area (Å²) in [7, 11) is -3.47. The molecule has 4 bridgehead atoms. The van der Waals surface area contributed by atoms with Crippen LogP contribution in [-0.4, -0.2) is 54.0 Å². The van der Waals surface area contributed by atoms with E-state index in [-0.39, 0.29) is 15.6 Å². The van der Waals surface area contributed by atoms with Crippen LogP contribution in [-0.2, 0) is 14.8 Å². The highest BCUT2D eigenvalue weighted by molar-refractivity contribution is 9.10. The zero-order valence-corrected chi connectivity index (χ0v) is 19.1. The van der Waals surface area contributed by atoms with Gasteiger partial charge in [0.2, 0.25) is 15.9 Å². The Morgan fingerprint density at radius 3 is 2.21 bits per heavy atom. The molecule has 4 saturated carbocycles. The van der Waals surface area contributed by atoms with Crippen LogP contribution in [0.4, 0.5) is 0 Å². The number of carbonyl (C=O) groups is 1. The normalized spacial score (nSPS) is 37.1. The minimum absolute atomic E-state index is 0.165. The summed E-state index contributed by atoms with van der Waals surface area (Å²) in [5.41, 5.74) is 0.165. The smallest absolute Gasteiger partial charge is 0.243 e. The highest BCUT2D eigenvalue weighted by atomic mass is 79.9. The van der Waals surface area contributed by atoms with Crippen molar-refractivity contribution in [1.82, 2.24) is 9.21 Å². The summed E-state index contributed by atoms with van der Waals surface area (Å²) in [6, 6.07) is 8.58. The van der Waals surface area contributed by atoms with E-state index in [0.29, 0.717) is 37.5 Å². The average Bonchev–Trinajstić information content (AvgIpc) is 2.66. The first kappa shape index (κ1) is 20.0. The lowest BCUT2D eigenvalue weighted by atomic mass is 9.48. The van der Waals surface area contributed by atoms with Crippen molar-refractivity contribution in [2.45, 2.75) is 54.2 Å². The van der Waals surface area contributed by atoms with Gasteiger partial charge in [0.15, 0.2) is 0 Å². The molecule has 0 radical (unpaired) electrons. The second kappa shape index (κ2) is 7.06. The standard InChI is InChI=1S/C22H29BrN2O3S/c23-22-13-17-10-18(14-22)12-21(11-17,16-22)15-20(26)24-6-8-25(9-7-24)29(27,28)19-4-2-1-3-5-19/h1-5,17-18H,6-16H2. The van der Waals surface area contributed by atoms with Gasteiger partial charge in [0.25, 0.3) is 0 Å². The average molecular weight is 481 g/mol. The Bertz CT molecular complexity index is 882. The van der Waals surface area contributed by atoms with E-state index < -0.39 is 10.0 Å². The Morgan fingerprint density at radius 2 is 1.62 bits per heavy atom. The monoisotopic (exact) mass is 480 g/mol. The van der Waals surface area contributed by atoms with Crippen molar-refractivity contribution in [3.63, 3.8) is 0 Å². The predicted molar refractivity (Wildman–Crippen MR) is 115 cm³/mol. The maximum Gasteiger partial charge on any atom is 0.243 e. The van der Waals surface area contributed by atoms with Crippen LogP contribution in [0.3, 0.4) is 0 Å². The van der Waals surface area contributed by atoms with Gasteiger partial charge in [-0.25, -0.2) is 8.42 Å². The van der Waals surface area contributed by atoms with Crippen LogP contribution in [0.15, 0.2) is 35.2 Å². The summed E-state index contributed by atoms with van der Waals surface area (Å²) in [5.74, 6) is 1.77. The van der Waals surface area contributed by atoms with Crippen LogP contribution in [0.5, 0.6) is 0 Å². The highest BCUT2D eigenvalue weighted by Gasteiger charge is 2.57. The molecule has 4 aliphatic carbocycles. The number of nitrogens with zero attached hydrogens (tertiary/aromatic N) is 2. The summed E-state index contributed by atoms with van der Waals surface area (Å²) in [6.45, 7) is 1.74. The number of hydrogen-bond donors (Lipinski definition) is 0. The molecule has 1 saturated heterocycles. The van der Waals surface area contributed by atoms with Crippen molar-refractivity contribution < 1.29 is 13.2 Å². The zero-order chi connectivity index (χ0) is 20.3. The van der Waals surface area contributed by atoms with Gasteiger partial charge in [-0.2, -0.15) is 4.31 Å². The van der Waals surface area contributed by atoms with E-state index in [0.717, 1.165) is 18.3 Å². The first-order chi connectivity index (χ1) is 13.8. The van der Waals surface area contributed by atoms with Crippen molar-refractivity contribution >= 4 is 31.9 Å². The van der Waals surface area contributed by atoms with E-state index in [2.05, 4.69) is 15.9 Å². The quantitative estimate of drug-likeness (QED) is 0.617. The number of benzene rings is 1. The molecule has 1 aromatic carbocycles. The number of alkyl halides is 1. The molecule has 2 unspecified atom stereocenters.